The maximum absolute atomic E-state index is 5.69. The van der Waals surface area contributed by atoms with Gasteiger partial charge in [0.05, 0.1) is 5.69 Å². The van der Waals surface area contributed by atoms with Crippen LogP contribution in [0.1, 0.15) is 34.0 Å². The van der Waals surface area contributed by atoms with Crippen LogP contribution in [0.2, 0.25) is 0 Å². The Bertz CT molecular complexity index is 604. The molecule has 0 saturated heterocycles. The summed E-state index contributed by atoms with van der Waals surface area (Å²) in [5.74, 6) is 0. The monoisotopic (exact) mass is 291 g/mol. The minimum atomic E-state index is 0.197. The minimum Gasteiger partial charge on any atom is -0.388 e. The van der Waals surface area contributed by atoms with Crippen molar-refractivity contribution in [2.75, 3.05) is 5.32 Å². The number of aryl methyl sites for hydroxylation is 2. The fraction of sp³-hybridized carbons (Fsp3) is 0.286. The second kappa shape index (κ2) is 5.67. The first-order valence-electron chi connectivity index (χ1n) is 6.07. The van der Waals surface area contributed by atoms with Gasteiger partial charge in [0.15, 0.2) is 0 Å². The molecule has 5 heteroatoms. The Morgan fingerprint density at radius 2 is 2.21 bits per heavy atom. The van der Waals surface area contributed by atoms with Crippen LogP contribution in [0, 0.1) is 13.8 Å². The van der Waals surface area contributed by atoms with Crippen molar-refractivity contribution in [2.45, 2.75) is 26.8 Å². The van der Waals surface area contributed by atoms with Crippen LogP contribution < -0.4 is 11.1 Å². The fourth-order valence-electron chi connectivity index (χ4n) is 2.11. The van der Waals surface area contributed by atoms with Crippen LogP contribution in [-0.2, 0) is 0 Å². The molecule has 0 bridgehead atoms. The zero-order chi connectivity index (χ0) is 14.0. The predicted octanol–water partition coefficient (Wildman–Crippen LogP) is 3.57. The van der Waals surface area contributed by atoms with E-state index < -0.39 is 0 Å². The molecule has 0 saturated carbocycles. The van der Waals surface area contributed by atoms with Gasteiger partial charge in [0.25, 0.3) is 0 Å². The summed E-state index contributed by atoms with van der Waals surface area (Å²) in [7, 11) is 0. The third-order valence-corrected chi connectivity index (χ3v) is 4.13. The highest BCUT2D eigenvalue weighted by atomic mass is 32.1. The molecule has 0 fully saturated rings. The van der Waals surface area contributed by atoms with E-state index in [-0.39, 0.29) is 6.04 Å². The number of aromatic nitrogens is 1. The Balaban J connectivity index is 2.26. The molecule has 0 aliphatic rings. The van der Waals surface area contributed by atoms with E-state index >= 15 is 0 Å². The van der Waals surface area contributed by atoms with E-state index in [0.29, 0.717) is 10.7 Å². The third kappa shape index (κ3) is 3.11. The number of thiophene rings is 1. The second-order valence-corrected chi connectivity index (χ2v) is 6.40. The van der Waals surface area contributed by atoms with Crippen LogP contribution in [0.3, 0.4) is 0 Å². The van der Waals surface area contributed by atoms with Crippen molar-refractivity contribution in [2.24, 2.45) is 5.73 Å². The summed E-state index contributed by atoms with van der Waals surface area (Å²) in [6.45, 7) is 6.39. The number of nitrogens with two attached hydrogens (primary N) is 1. The highest BCUT2D eigenvalue weighted by Gasteiger charge is 2.13. The molecule has 2 aromatic heterocycles. The topological polar surface area (TPSA) is 50.9 Å². The zero-order valence-corrected chi connectivity index (χ0v) is 12.9. The summed E-state index contributed by atoms with van der Waals surface area (Å²) in [4.78, 5) is 7.19. The van der Waals surface area contributed by atoms with Crippen LogP contribution in [0.5, 0.6) is 0 Å². The van der Waals surface area contributed by atoms with Crippen molar-refractivity contribution in [3.63, 3.8) is 0 Å². The largest absolute Gasteiger partial charge is 0.388 e. The highest BCUT2D eigenvalue weighted by Crippen LogP contribution is 2.29. The van der Waals surface area contributed by atoms with Gasteiger partial charge in [-0.3, -0.25) is 4.98 Å². The molecule has 100 valence electrons. The van der Waals surface area contributed by atoms with Crippen LogP contribution in [0.4, 0.5) is 5.69 Å². The summed E-state index contributed by atoms with van der Waals surface area (Å²) >= 11 is 6.84. The lowest BCUT2D eigenvalue weighted by atomic mass is 10.1. The number of thiocarbonyl (C=S) groups is 1. The smallest absolute Gasteiger partial charge is 0.124 e. The molecular weight excluding hydrogens is 274 g/mol. The molecule has 0 aliphatic heterocycles. The zero-order valence-electron chi connectivity index (χ0n) is 11.2. The van der Waals surface area contributed by atoms with Gasteiger partial charge in [-0.25, -0.2) is 0 Å². The summed E-state index contributed by atoms with van der Waals surface area (Å²) < 4.78 is 0. The van der Waals surface area contributed by atoms with E-state index in [0.717, 1.165) is 5.69 Å². The van der Waals surface area contributed by atoms with Gasteiger partial charge in [0.1, 0.15) is 10.7 Å². The van der Waals surface area contributed by atoms with Gasteiger partial charge in [-0.05, 0) is 44.5 Å². The van der Waals surface area contributed by atoms with Crippen LogP contribution in [0.25, 0.3) is 0 Å². The Hall–Kier alpha value is -1.46. The molecule has 0 spiro atoms. The molecule has 2 rings (SSSR count). The van der Waals surface area contributed by atoms with E-state index in [1.54, 1.807) is 6.20 Å². The first-order valence-corrected chi connectivity index (χ1v) is 7.29. The maximum Gasteiger partial charge on any atom is 0.124 e. The van der Waals surface area contributed by atoms with Gasteiger partial charge >= 0.3 is 0 Å². The highest BCUT2D eigenvalue weighted by molar-refractivity contribution is 7.80. The molecule has 2 aromatic rings. The summed E-state index contributed by atoms with van der Waals surface area (Å²) in [6, 6.07) is 6.24. The molecule has 0 aliphatic carbocycles. The molecule has 19 heavy (non-hydrogen) atoms. The summed E-state index contributed by atoms with van der Waals surface area (Å²) in [6.07, 6.45) is 1.70. The normalized spacial score (nSPS) is 12.2. The Labute approximate surface area is 122 Å². The minimum absolute atomic E-state index is 0.197. The lowest BCUT2D eigenvalue weighted by molar-refractivity contribution is 0.879. The van der Waals surface area contributed by atoms with Gasteiger partial charge in [0.2, 0.25) is 0 Å². The first kappa shape index (κ1) is 14.0. The summed E-state index contributed by atoms with van der Waals surface area (Å²) in [5.41, 5.74) is 8.53. The second-order valence-electron chi connectivity index (χ2n) is 4.50. The van der Waals surface area contributed by atoms with E-state index in [9.17, 15) is 0 Å². The molecule has 1 atom stereocenters. The first-order chi connectivity index (χ1) is 8.99. The molecule has 3 nitrogen and oxygen atoms in total. The third-order valence-electron chi connectivity index (χ3n) is 2.96. The fourth-order valence-corrected chi connectivity index (χ4v) is 3.29. The van der Waals surface area contributed by atoms with Crippen molar-refractivity contribution < 1.29 is 0 Å². The lowest BCUT2D eigenvalue weighted by Crippen LogP contribution is -2.16. The standard InChI is InChI=1S/C14H17N3S2/c1-8-7-11(10(3)19-8)9(2)17-12-5-4-6-16-13(12)14(15)18/h4-7,9,17H,1-3H3,(H2,15,18). The Kier molecular flexibility index (Phi) is 4.17. The molecular formula is C14H17N3S2. The van der Waals surface area contributed by atoms with E-state index in [1.807, 2.05) is 23.5 Å². The molecule has 3 N–H and O–H groups in total. The van der Waals surface area contributed by atoms with Gasteiger partial charge in [0, 0.05) is 22.0 Å². The van der Waals surface area contributed by atoms with Crippen molar-refractivity contribution in [3.05, 3.63) is 45.4 Å². The van der Waals surface area contributed by atoms with Crippen LogP contribution >= 0.6 is 23.6 Å². The van der Waals surface area contributed by atoms with E-state index in [1.165, 1.54) is 15.3 Å². The number of rotatable bonds is 4. The van der Waals surface area contributed by atoms with Crippen molar-refractivity contribution in [1.82, 2.24) is 4.98 Å². The number of hydrogen-bond acceptors (Lipinski definition) is 4. The number of nitrogens with zero attached hydrogens (tertiary/aromatic N) is 1. The number of pyridine rings is 1. The lowest BCUT2D eigenvalue weighted by Gasteiger charge is -2.17. The molecule has 0 aromatic carbocycles. The molecule has 0 amide bonds. The number of hydrogen-bond donors (Lipinski definition) is 2. The predicted molar refractivity (Wildman–Crippen MR) is 86.0 cm³/mol. The van der Waals surface area contributed by atoms with E-state index in [4.69, 9.17) is 18.0 Å². The average Bonchev–Trinajstić information content (AvgIpc) is 2.69. The Morgan fingerprint density at radius 1 is 1.47 bits per heavy atom. The van der Waals surface area contributed by atoms with Gasteiger partial charge < -0.3 is 11.1 Å². The molecule has 1 unspecified atom stereocenters. The quantitative estimate of drug-likeness (QED) is 0.846. The maximum atomic E-state index is 5.69. The average molecular weight is 291 g/mol. The van der Waals surface area contributed by atoms with Gasteiger partial charge in [-0.1, -0.05) is 12.2 Å². The molecule has 2 heterocycles. The van der Waals surface area contributed by atoms with Gasteiger partial charge in [-0.15, -0.1) is 11.3 Å². The SMILES string of the molecule is Cc1cc(C(C)Nc2cccnc2C(N)=S)c(C)s1. The van der Waals surface area contributed by atoms with Crippen molar-refractivity contribution in [1.29, 1.82) is 0 Å². The van der Waals surface area contributed by atoms with E-state index in [2.05, 4.69) is 37.1 Å². The van der Waals surface area contributed by atoms with Crippen LogP contribution in [-0.4, -0.2) is 9.97 Å². The number of anilines is 1. The Morgan fingerprint density at radius 3 is 2.79 bits per heavy atom. The molecule has 0 radical (unpaired) electrons. The van der Waals surface area contributed by atoms with Crippen molar-refractivity contribution >= 4 is 34.2 Å². The summed E-state index contributed by atoms with van der Waals surface area (Å²) in [5, 5.41) is 3.44. The van der Waals surface area contributed by atoms with Crippen LogP contribution in [0.15, 0.2) is 24.4 Å². The van der Waals surface area contributed by atoms with Crippen molar-refractivity contribution in [3.8, 4) is 0 Å². The number of nitrogens with one attached hydrogen (secondary N) is 1. The van der Waals surface area contributed by atoms with Gasteiger partial charge in [-0.2, -0.15) is 0 Å².